The van der Waals surface area contributed by atoms with Crippen LogP contribution in [0.2, 0.25) is 0 Å². The molecule has 2 aromatic carbocycles. The lowest BCUT2D eigenvalue weighted by molar-refractivity contribution is 0.101. The number of hydrogen-bond acceptors (Lipinski definition) is 3. The summed E-state index contributed by atoms with van der Waals surface area (Å²) in [6.45, 7) is 1.46. The first-order valence-electron chi connectivity index (χ1n) is 6.54. The summed E-state index contributed by atoms with van der Waals surface area (Å²) in [6.07, 6.45) is 0. The second-order valence-electron chi connectivity index (χ2n) is 4.66. The van der Waals surface area contributed by atoms with Crippen LogP contribution in [-0.2, 0) is 0 Å². The largest absolute Gasteiger partial charge is 0.351 e. The molecule has 22 heavy (non-hydrogen) atoms. The van der Waals surface area contributed by atoms with Crippen LogP contribution in [0.3, 0.4) is 0 Å². The molecule has 3 amide bonds. The molecule has 0 aliphatic heterocycles. The number of nitrogens with two attached hydrogens (primary N) is 1. The molecule has 6 nitrogen and oxygen atoms in total. The van der Waals surface area contributed by atoms with Crippen LogP contribution in [0.25, 0.3) is 0 Å². The van der Waals surface area contributed by atoms with Gasteiger partial charge in [0.2, 0.25) is 0 Å². The zero-order valence-corrected chi connectivity index (χ0v) is 11.9. The van der Waals surface area contributed by atoms with E-state index in [1.165, 1.54) is 6.92 Å². The number of Topliss-reactive ketones (excluding diaryl/α,β-unsaturated/α-hetero) is 1. The van der Waals surface area contributed by atoms with E-state index in [9.17, 15) is 14.4 Å². The Hall–Kier alpha value is -3.15. The first-order valence-corrected chi connectivity index (χ1v) is 6.54. The van der Waals surface area contributed by atoms with Gasteiger partial charge >= 0.3 is 6.03 Å². The van der Waals surface area contributed by atoms with Gasteiger partial charge in [-0.1, -0.05) is 12.1 Å². The lowest BCUT2D eigenvalue weighted by Crippen LogP contribution is -2.19. The minimum Gasteiger partial charge on any atom is -0.351 e. The molecule has 0 radical (unpaired) electrons. The third-order valence-electron chi connectivity index (χ3n) is 2.94. The summed E-state index contributed by atoms with van der Waals surface area (Å²) in [7, 11) is 0. The monoisotopic (exact) mass is 297 g/mol. The Labute approximate surface area is 127 Å². The van der Waals surface area contributed by atoms with Gasteiger partial charge in [-0.2, -0.15) is 0 Å². The summed E-state index contributed by atoms with van der Waals surface area (Å²) in [5.41, 5.74) is 6.99. The van der Waals surface area contributed by atoms with Crippen molar-refractivity contribution in [3.8, 4) is 0 Å². The van der Waals surface area contributed by atoms with Gasteiger partial charge in [0.25, 0.3) is 5.91 Å². The summed E-state index contributed by atoms with van der Waals surface area (Å²) in [6, 6.07) is 12.3. The Kier molecular flexibility index (Phi) is 4.53. The Morgan fingerprint density at radius 2 is 1.55 bits per heavy atom. The van der Waals surface area contributed by atoms with Crippen molar-refractivity contribution in [3.63, 3.8) is 0 Å². The second-order valence-corrected chi connectivity index (χ2v) is 4.66. The fourth-order valence-electron chi connectivity index (χ4n) is 1.87. The number of carbonyl (C=O) groups excluding carboxylic acids is 3. The van der Waals surface area contributed by atoms with Crippen LogP contribution in [0.5, 0.6) is 0 Å². The highest BCUT2D eigenvalue weighted by Crippen LogP contribution is 2.14. The molecule has 112 valence electrons. The first kappa shape index (κ1) is 15.2. The van der Waals surface area contributed by atoms with Gasteiger partial charge in [0.1, 0.15) is 0 Å². The van der Waals surface area contributed by atoms with Crippen molar-refractivity contribution in [2.24, 2.45) is 5.73 Å². The normalized spacial score (nSPS) is 9.86. The number of anilines is 2. The van der Waals surface area contributed by atoms with Gasteiger partial charge in [0, 0.05) is 22.5 Å². The van der Waals surface area contributed by atoms with E-state index in [4.69, 9.17) is 5.73 Å². The average molecular weight is 297 g/mol. The lowest BCUT2D eigenvalue weighted by atomic mass is 10.1. The highest BCUT2D eigenvalue weighted by molar-refractivity contribution is 6.05. The van der Waals surface area contributed by atoms with Crippen molar-refractivity contribution in [1.82, 2.24) is 0 Å². The molecule has 4 N–H and O–H groups in total. The van der Waals surface area contributed by atoms with Gasteiger partial charge in [0.05, 0.1) is 0 Å². The Morgan fingerprint density at radius 3 is 2.14 bits per heavy atom. The fourth-order valence-corrected chi connectivity index (χ4v) is 1.87. The first-order chi connectivity index (χ1) is 10.5. The van der Waals surface area contributed by atoms with Crippen molar-refractivity contribution in [2.45, 2.75) is 6.92 Å². The van der Waals surface area contributed by atoms with Crippen LogP contribution >= 0.6 is 0 Å². The molecule has 0 atom stereocenters. The van der Waals surface area contributed by atoms with Gasteiger partial charge in [0.15, 0.2) is 5.78 Å². The summed E-state index contributed by atoms with van der Waals surface area (Å²) in [5, 5.41) is 5.12. The number of amides is 3. The number of ketones is 1. The summed E-state index contributed by atoms with van der Waals surface area (Å²) >= 11 is 0. The van der Waals surface area contributed by atoms with Crippen molar-refractivity contribution in [3.05, 3.63) is 59.7 Å². The number of benzene rings is 2. The molecular formula is C16H15N3O3. The Morgan fingerprint density at radius 1 is 0.864 bits per heavy atom. The van der Waals surface area contributed by atoms with E-state index in [1.807, 2.05) is 0 Å². The molecule has 0 spiro atoms. The number of primary amides is 1. The van der Waals surface area contributed by atoms with E-state index in [1.54, 1.807) is 48.5 Å². The van der Waals surface area contributed by atoms with Gasteiger partial charge in [-0.3, -0.25) is 9.59 Å². The maximum Gasteiger partial charge on any atom is 0.316 e. The summed E-state index contributed by atoms with van der Waals surface area (Å²) in [4.78, 5) is 34.2. The maximum atomic E-state index is 12.1. The molecule has 0 heterocycles. The maximum absolute atomic E-state index is 12.1. The summed E-state index contributed by atoms with van der Waals surface area (Å²) in [5.74, 6) is -0.385. The van der Waals surface area contributed by atoms with E-state index in [0.717, 1.165) is 0 Å². The molecular weight excluding hydrogens is 282 g/mol. The predicted molar refractivity (Wildman–Crippen MR) is 84.0 cm³/mol. The van der Waals surface area contributed by atoms with Crippen molar-refractivity contribution >= 4 is 29.1 Å². The van der Waals surface area contributed by atoms with Crippen molar-refractivity contribution < 1.29 is 14.4 Å². The number of urea groups is 1. The minimum absolute atomic E-state index is 0.0713. The third-order valence-corrected chi connectivity index (χ3v) is 2.94. The molecule has 0 saturated heterocycles. The van der Waals surface area contributed by atoms with Gasteiger partial charge in [-0.05, 0) is 43.3 Å². The lowest BCUT2D eigenvalue weighted by Gasteiger charge is -2.07. The molecule has 6 heteroatoms. The molecule has 0 fully saturated rings. The number of rotatable bonds is 4. The molecule has 0 aliphatic rings. The van der Waals surface area contributed by atoms with E-state index >= 15 is 0 Å². The number of nitrogens with one attached hydrogen (secondary N) is 2. The quantitative estimate of drug-likeness (QED) is 0.756. The van der Waals surface area contributed by atoms with Gasteiger partial charge in [-0.15, -0.1) is 0 Å². The Balaban J connectivity index is 2.10. The second kappa shape index (κ2) is 6.53. The minimum atomic E-state index is -0.668. The van der Waals surface area contributed by atoms with Crippen molar-refractivity contribution in [2.75, 3.05) is 10.6 Å². The molecule has 0 saturated carbocycles. The van der Waals surface area contributed by atoms with Gasteiger partial charge < -0.3 is 16.4 Å². The van der Waals surface area contributed by atoms with Crippen LogP contribution in [0.4, 0.5) is 16.2 Å². The van der Waals surface area contributed by atoms with Crippen LogP contribution in [-0.4, -0.2) is 17.7 Å². The predicted octanol–water partition coefficient (Wildman–Crippen LogP) is 2.63. The van der Waals surface area contributed by atoms with Crippen LogP contribution in [0.15, 0.2) is 48.5 Å². The van der Waals surface area contributed by atoms with Gasteiger partial charge in [-0.25, -0.2) is 4.79 Å². The van der Waals surface area contributed by atoms with Crippen LogP contribution in [0.1, 0.15) is 27.6 Å². The smallest absolute Gasteiger partial charge is 0.316 e. The average Bonchev–Trinajstić information content (AvgIpc) is 2.47. The molecule has 0 unspecified atom stereocenters. The molecule has 0 aromatic heterocycles. The fraction of sp³-hybridized carbons (Fsp3) is 0.0625. The number of hydrogen-bond donors (Lipinski definition) is 3. The molecule has 0 aliphatic carbocycles. The SMILES string of the molecule is CC(=O)c1cccc(NC(=O)c2ccc(NC(N)=O)cc2)c1. The van der Waals surface area contributed by atoms with Crippen LogP contribution < -0.4 is 16.4 Å². The standard InChI is InChI=1S/C16H15N3O3/c1-10(20)12-3-2-4-14(9-12)18-15(21)11-5-7-13(8-6-11)19-16(17)22/h2-9H,1H3,(H,18,21)(H3,17,19,22). The van der Waals surface area contributed by atoms with Crippen molar-refractivity contribution in [1.29, 1.82) is 0 Å². The zero-order valence-electron chi connectivity index (χ0n) is 11.9. The van der Waals surface area contributed by atoms with E-state index < -0.39 is 6.03 Å². The van der Waals surface area contributed by atoms with E-state index in [2.05, 4.69) is 10.6 Å². The van der Waals surface area contributed by atoms with Crippen LogP contribution in [0, 0.1) is 0 Å². The Bertz CT molecular complexity index is 724. The topological polar surface area (TPSA) is 101 Å². The highest BCUT2D eigenvalue weighted by Gasteiger charge is 2.08. The molecule has 2 rings (SSSR count). The zero-order chi connectivity index (χ0) is 16.1. The molecule has 0 bridgehead atoms. The van der Waals surface area contributed by atoms with E-state index in [-0.39, 0.29) is 11.7 Å². The van der Waals surface area contributed by atoms with E-state index in [0.29, 0.717) is 22.5 Å². The number of carbonyl (C=O) groups is 3. The summed E-state index contributed by atoms with van der Waals surface area (Å²) < 4.78 is 0. The highest BCUT2D eigenvalue weighted by atomic mass is 16.2. The third kappa shape index (κ3) is 3.92. The molecule has 2 aromatic rings.